The molecular formula is C15H21F2N. The van der Waals surface area contributed by atoms with E-state index in [1.807, 2.05) is 30.3 Å². The Labute approximate surface area is 108 Å². The predicted molar refractivity (Wildman–Crippen MR) is 69.8 cm³/mol. The van der Waals surface area contributed by atoms with Gasteiger partial charge in [-0.2, -0.15) is 0 Å². The van der Waals surface area contributed by atoms with Crippen molar-refractivity contribution in [2.45, 2.75) is 51.1 Å². The maximum Gasteiger partial charge on any atom is 0.251 e. The molecule has 1 heterocycles. The van der Waals surface area contributed by atoms with Gasteiger partial charge in [-0.1, -0.05) is 30.3 Å². The van der Waals surface area contributed by atoms with E-state index < -0.39 is 5.92 Å². The first-order valence-electron chi connectivity index (χ1n) is 6.49. The largest absolute Gasteiger partial charge is 0.291 e. The van der Waals surface area contributed by atoms with Gasteiger partial charge in [0.15, 0.2) is 0 Å². The second kappa shape index (κ2) is 4.61. The van der Waals surface area contributed by atoms with Crippen molar-refractivity contribution in [3.63, 3.8) is 0 Å². The van der Waals surface area contributed by atoms with Gasteiger partial charge in [-0.3, -0.25) is 4.90 Å². The van der Waals surface area contributed by atoms with E-state index in [4.69, 9.17) is 0 Å². The lowest BCUT2D eigenvalue weighted by Gasteiger charge is -2.47. The summed E-state index contributed by atoms with van der Waals surface area (Å²) < 4.78 is 27.4. The molecule has 1 fully saturated rings. The van der Waals surface area contributed by atoms with Gasteiger partial charge in [0.2, 0.25) is 0 Å². The molecule has 2 rings (SSSR count). The number of likely N-dealkylation sites (tertiary alicyclic amines) is 1. The molecule has 0 aliphatic carbocycles. The molecule has 0 N–H and O–H groups in total. The third-order valence-corrected chi connectivity index (χ3v) is 3.63. The minimum atomic E-state index is -2.54. The van der Waals surface area contributed by atoms with Crippen LogP contribution in [0.25, 0.3) is 0 Å². The van der Waals surface area contributed by atoms with Gasteiger partial charge in [0, 0.05) is 31.0 Å². The van der Waals surface area contributed by atoms with Crippen molar-refractivity contribution in [3.8, 4) is 0 Å². The van der Waals surface area contributed by atoms with Gasteiger partial charge in [0.25, 0.3) is 5.92 Å². The Kier molecular flexibility index (Phi) is 3.45. The van der Waals surface area contributed by atoms with E-state index >= 15 is 0 Å². The number of benzene rings is 1. The molecule has 3 heteroatoms. The molecule has 1 aromatic rings. The van der Waals surface area contributed by atoms with Crippen molar-refractivity contribution in [1.82, 2.24) is 4.90 Å². The van der Waals surface area contributed by atoms with Crippen LogP contribution < -0.4 is 0 Å². The van der Waals surface area contributed by atoms with E-state index in [0.717, 1.165) is 5.56 Å². The zero-order valence-electron chi connectivity index (χ0n) is 11.3. The summed E-state index contributed by atoms with van der Waals surface area (Å²) in [6, 6.07) is 9.47. The molecule has 100 valence electrons. The first-order valence-corrected chi connectivity index (χ1v) is 6.49. The van der Waals surface area contributed by atoms with Crippen LogP contribution in [-0.4, -0.2) is 22.9 Å². The SMILES string of the molecule is CC(C)(C)N1CCC(F)(F)C[C@H]1c1ccccc1. The number of alkyl halides is 2. The average molecular weight is 253 g/mol. The van der Waals surface area contributed by atoms with Crippen LogP contribution in [0.15, 0.2) is 30.3 Å². The monoisotopic (exact) mass is 253 g/mol. The zero-order chi connectivity index (χ0) is 13.4. The minimum absolute atomic E-state index is 0.0341. The number of nitrogens with zero attached hydrogens (tertiary/aromatic N) is 1. The number of piperidine rings is 1. The van der Waals surface area contributed by atoms with Crippen molar-refractivity contribution < 1.29 is 8.78 Å². The van der Waals surface area contributed by atoms with Gasteiger partial charge in [-0.25, -0.2) is 8.78 Å². The molecule has 1 saturated heterocycles. The first-order chi connectivity index (χ1) is 8.30. The molecule has 1 aromatic carbocycles. The standard InChI is InChI=1S/C15H21F2N/c1-14(2,3)18-10-9-15(16,17)11-13(18)12-7-5-4-6-8-12/h4-8,13H,9-11H2,1-3H3/t13-/m0/s1. The van der Waals surface area contributed by atoms with E-state index in [2.05, 4.69) is 25.7 Å². The van der Waals surface area contributed by atoms with Crippen LogP contribution in [-0.2, 0) is 0 Å². The predicted octanol–water partition coefficient (Wildman–Crippen LogP) is 4.26. The lowest BCUT2D eigenvalue weighted by Crippen LogP contribution is -2.50. The molecule has 18 heavy (non-hydrogen) atoms. The van der Waals surface area contributed by atoms with Gasteiger partial charge in [-0.15, -0.1) is 0 Å². The third-order valence-electron chi connectivity index (χ3n) is 3.63. The van der Waals surface area contributed by atoms with Crippen LogP contribution in [0.3, 0.4) is 0 Å². The van der Waals surface area contributed by atoms with Crippen LogP contribution >= 0.6 is 0 Å². The highest BCUT2D eigenvalue weighted by molar-refractivity contribution is 5.21. The van der Waals surface area contributed by atoms with E-state index in [0.29, 0.717) is 6.54 Å². The smallest absolute Gasteiger partial charge is 0.251 e. The van der Waals surface area contributed by atoms with Gasteiger partial charge in [-0.05, 0) is 26.3 Å². The summed E-state index contributed by atoms with van der Waals surface area (Å²) in [4.78, 5) is 2.19. The molecule has 1 nitrogen and oxygen atoms in total. The molecule has 0 bridgehead atoms. The van der Waals surface area contributed by atoms with E-state index in [1.165, 1.54) is 0 Å². The van der Waals surface area contributed by atoms with Crippen molar-refractivity contribution in [1.29, 1.82) is 0 Å². The first kappa shape index (κ1) is 13.5. The molecule has 0 saturated carbocycles. The van der Waals surface area contributed by atoms with E-state index in [-0.39, 0.29) is 24.4 Å². The molecule has 0 unspecified atom stereocenters. The molecule has 0 spiro atoms. The summed E-state index contributed by atoms with van der Waals surface area (Å²) >= 11 is 0. The molecule has 0 radical (unpaired) electrons. The Morgan fingerprint density at radius 2 is 1.78 bits per heavy atom. The quantitative estimate of drug-likeness (QED) is 0.723. The Morgan fingerprint density at radius 3 is 2.33 bits per heavy atom. The summed E-state index contributed by atoms with van der Waals surface area (Å²) in [5.41, 5.74) is 0.906. The summed E-state index contributed by atoms with van der Waals surface area (Å²) in [6.45, 7) is 6.72. The maximum absolute atomic E-state index is 13.7. The normalized spacial score (nSPS) is 25.1. The van der Waals surface area contributed by atoms with Crippen molar-refractivity contribution in [3.05, 3.63) is 35.9 Å². The van der Waals surface area contributed by atoms with Crippen LogP contribution in [0.4, 0.5) is 8.78 Å². The summed E-state index contributed by atoms with van der Waals surface area (Å²) in [6.07, 6.45) is -0.109. The summed E-state index contributed by atoms with van der Waals surface area (Å²) in [7, 11) is 0. The van der Waals surface area contributed by atoms with Crippen LogP contribution in [0.1, 0.15) is 45.2 Å². The molecule has 1 aliphatic rings. The molecule has 1 atom stereocenters. The van der Waals surface area contributed by atoms with Crippen molar-refractivity contribution in [2.24, 2.45) is 0 Å². The van der Waals surface area contributed by atoms with Crippen molar-refractivity contribution >= 4 is 0 Å². The van der Waals surface area contributed by atoms with Crippen LogP contribution in [0.5, 0.6) is 0 Å². The zero-order valence-corrected chi connectivity index (χ0v) is 11.3. The Bertz CT molecular complexity index is 395. The molecular weight excluding hydrogens is 232 g/mol. The summed E-state index contributed by atoms with van der Waals surface area (Å²) in [5, 5.41) is 0. The van der Waals surface area contributed by atoms with E-state index in [9.17, 15) is 8.78 Å². The van der Waals surface area contributed by atoms with Crippen LogP contribution in [0, 0.1) is 0 Å². The molecule has 0 aromatic heterocycles. The topological polar surface area (TPSA) is 3.24 Å². The van der Waals surface area contributed by atoms with E-state index in [1.54, 1.807) is 0 Å². The number of hydrogen-bond acceptors (Lipinski definition) is 1. The summed E-state index contributed by atoms with van der Waals surface area (Å²) in [5.74, 6) is -2.54. The van der Waals surface area contributed by atoms with Gasteiger partial charge < -0.3 is 0 Å². The Morgan fingerprint density at radius 1 is 1.17 bits per heavy atom. The fraction of sp³-hybridized carbons (Fsp3) is 0.600. The fourth-order valence-corrected chi connectivity index (χ4v) is 2.71. The minimum Gasteiger partial charge on any atom is -0.291 e. The number of rotatable bonds is 1. The van der Waals surface area contributed by atoms with Crippen LogP contribution in [0.2, 0.25) is 0 Å². The lowest BCUT2D eigenvalue weighted by molar-refractivity contribution is -0.0998. The van der Waals surface area contributed by atoms with Gasteiger partial charge >= 0.3 is 0 Å². The lowest BCUT2D eigenvalue weighted by atomic mass is 9.88. The van der Waals surface area contributed by atoms with Crippen molar-refractivity contribution in [2.75, 3.05) is 6.54 Å². The molecule has 1 aliphatic heterocycles. The highest BCUT2D eigenvalue weighted by Crippen LogP contribution is 2.42. The van der Waals surface area contributed by atoms with Gasteiger partial charge in [0.05, 0.1) is 0 Å². The second-order valence-electron chi connectivity index (χ2n) is 6.10. The Hall–Kier alpha value is -0.960. The average Bonchev–Trinajstić information content (AvgIpc) is 2.27. The highest BCUT2D eigenvalue weighted by atomic mass is 19.3. The number of hydrogen-bond donors (Lipinski definition) is 0. The fourth-order valence-electron chi connectivity index (χ4n) is 2.71. The maximum atomic E-state index is 13.7. The second-order valence-corrected chi connectivity index (χ2v) is 6.10. The van der Waals surface area contributed by atoms with Gasteiger partial charge in [0.1, 0.15) is 0 Å². The highest BCUT2D eigenvalue weighted by Gasteiger charge is 2.43. The number of halogens is 2. The molecule has 0 amide bonds. The third kappa shape index (κ3) is 2.89. The Balaban J connectivity index is 2.31.